The molecule has 80 valence electrons. The van der Waals surface area contributed by atoms with Crippen molar-refractivity contribution in [3.63, 3.8) is 0 Å². The van der Waals surface area contributed by atoms with Gasteiger partial charge in [0.1, 0.15) is 17.5 Å². The van der Waals surface area contributed by atoms with Crippen LogP contribution in [-0.2, 0) is 14.3 Å². The van der Waals surface area contributed by atoms with Crippen molar-refractivity contribution >= 4 is 12.7 Å². The number of nitrogens with zero attached hydrogens (tertiary/aromatic N) is 2. The molecule has 0 aromatic carbocycles. The van der Waals surface area contributed by atoms with Crippen LogP contribution in [0.25, 0.3) is 0 Å². The standard InChI is InChI=1S/C9H11N3O3/c10-5-8(6-13)9(11-7-14)12-1-3-15-4-2-12/h6-7H,1-4H2,(H,11,14). The van der Waals surface area contributed by atoms with Crippen molar-refractivity contribution < 1.29 is 14.3 Å². The minimum Gasteiger partial charge on any atom is -0.378 e. The number of hydrogen-bond donors (Lipinski definition) is 1. The number of morpholine rings is 1. The van der Waals surface area contributed by atoms with Crippen molar-refractivity contribution in [1.29, 1.82) is 5.26 Å². The molecule has 0 aromatic rings. The van der Waals surface area contributed by atoms with Gasteiger partial charge in [-0.2, -0.15) is 5.26 Å². The van der Waals surface area contributed by atoms with E-state index in [1.807, 2.05) is 0 Å². The van der Waals surface area contributed by atoms with Crippen LogP contribution in [0.1, 0.15) is 0 Å². The second kappa shape index (κ2) is 5.78. The first-order valence-electron chi connectivity index (χ1n) is 4.46. The third-order valence-corrected chi connectivity index (χ3v) is 2.02. The summed E-state index contributed by atoms with van der Waals surface area (Å²) in [6.07, 6.45) is 0.882. The normalized spacial score (nSPS) is 17.4. The highest BCUT2D eigenvalue weighted by atomic mass is 16.5. The van der Waals surface area contributed by atoms with Crippen molar-refractivity contribution in [1.82, 2.24) is 10.2 Å². The molecule has 1 fully saturated rings. The highest BCUT2D eigenvalue weighted by Gasteiger charge is 2.17. The van der Waals surface area contributed by atoms with E-state index in [1.54, 1.807) is 11.0 Å². The van der Waals surface area contributed by atoms with E-state index in [2.05, 4.69) is 5.32 Å². The molecule has 0 unspecified atom stereocenters. The molecule has 1 aliphatic rings. The predicted octanol–water partition coefficient (Wildman–Crippen LogP) is -1.00. The molecule has 1 saturated heterocycles. The summed E-state index contributed by atoms with van der Waals surface area (Å²) in [4.78, 5) is 22.7. The molecule has 0 aromatic heterocycles. The van der Waals surface area contributed by atoms with Gasteiger partial charge in [0.25, 0.3) is 0 Å². The van der Waals surface area contributed by atoms with E-state index in [0.29, 0.717) is 39.0 Å². The number of nitrogens with one attached hydrogen (secondary N) is 1. The van der Waals surface area contributed by atoms with Gasteiger partial charge < -0.3 is 15.0 Å². The maximum atomic E-state index is 10.6. The van der Waals surface area contributed by atoms with E-state index >= 15 is 0 Å². The van der Waals surface area contributed by atoms with Crippen molar-refractivity contribution in [3.05, 3.63) is 11.4 Å². The Labute approximate surface area is 87.1 Å². The molecule has 1 heterocycles. The first-order valence-corrected chi connectivity index (χ1v) is 4.46. The first-order chi connectivity index (χ1) is 7.33. The van der Waals surface area contributed by atoms with Gasteiger partial charge in [-0.1, -0.05) is 0 Å². The minimum absolute atomic E-state index is 0.0796. The van der Waals surface area contributed by atoms with Crippen LogP contribution < -0.4 is 5.32 Å². The largest absolute Gasteiger partial charge is 0.378 e. The quantitative estimate of drug-likeness (QED) is 0.365. The summed E-state index contributed by atoms with van der Waals surface area (Å²) < 4.78 is 5.12. The number of amides is 1. The summed E-state index contributed by atoms with van der Waals surface area (Å²) in [5.74, 6) is 0.255. The Morgan fingerprint density at radius 1 is 1.40 bits per heavy atom. The minimum atomic E-state index is -0.0796. The van der Waals surface area contributed by atoms with Gasteiger partial charge in [0.15, 0.2) is 6.29 Å². The van der Waals surface area contributed by atoms with Gasteiger partial charge in [0.2, 0.25) is 6.41 Å². The lowest BCUT2D eigenvalue weighted by Gasteiger charge is -2.30. The van der Waals surface area contributed by atoms with Crippen LogP contribution in [0.5, 0.6) is 0 Å². The molecule has 6 heteroatoms. The van der Waals surface area contributed by atoms with Crippen LogP contribution in [0.3, 0.4) is 0 Å². The summed E-state index contributed by atoms with van der Waals surface area (Å²) in [5.41, 5.74) is -0.0796. The van der Waals surface area contributed by atoms with Crippen LogP contribution in [0.2, 0.25) is 0 Å². The fraction of sp³-hybridized carbons (Fsp3) is 0.444. The molecule has 1 aliphatic heterocycles. The van der Waals surface area contributed by atoms with Crippen LogP contribution in [0.15, 0.2) is 11.4 Å². The van der Waals surface area contributed by atoms with E-state index in [-0.39, 0.29) is 11.4 Å². The second-order valence-electron chi connectivity index (χ2n) is 2.85. The zero-order chi connectivity index (χ0) is 11.1. The van der Waals surface area contributed by atoms with Gasteiger partial charge in [-0.05, 0) is 0 Å². The van der Waals surface area contributed by atoms with Gasteiger partial charge in [-0.15, -0.1) is 0 Å². The summed E-state index contributed by atoms with van der Waals surface area (Å²) in [6.45, 7) is 2.13. The lowest BCUT2D eigenvalue weighted by atomic mass is 10.3. The van der Waals surface area contributed by atoms with Crippen LogP contribution in [-0.4, -0.2) is 43.9 Å². The Morgan fingerprint density at radius 2 is 2.07 bits per heavy atom. The van der Waals surface area contributed by atoms with Gasteiger partial charge in [0.05, 0.1) is 13.2 Å². The maximum Gasteiger partial charge on any atom is 0.212 e. The molecule has 0 spiro atoms. The molecule has 0 saturated carbocycles. The zero-order valence-corrected chi connectivity index (χ0v) is 8.10. The highest BCUT2D eigenvalue weighted by molar-refractivity contribution is 5.80. The molecule has 6 nitrogen and oxygen atoms in total. The summed E-state index contributed by atoms with van der Waals surface area (Å²) >= 11 is 0. The second-order valence-corrected chi connectivity index (χ2v) is 2.85. The monoisotopic (exact) mass is 209 g/mol. The summed E-state index contributed by atoms with van der Waals surface area (Å²) in [5, 5.41) is 11.1. The molecule has 0 atom stereocenters. The molecule has 1 rings (SSSR count). The number of rotatable bonds is 4. The molecule has 15 heavy (non-hydrogen) atoms. The van der Waals surface area contributed by atoms with Crippen molar-refractivity contribution in [2.45, 2.75) is 0 Å². The van der Waals surface area contributed by atoms with Gasteiger partial charge >= 0.3 is 0 Å². The fourth-order valence-electron chi connectivity index (χ4n) is 1.32. The number of ether oxygens (including phenoxy) is 1. The average Bonchev–Trinajstić information content (AvgIpc) is 2.30. The fourth-order valence-corrected chi connectivity index (χ4v) is 1.32. The highest BCUT2D eigenvalue weighted by Crippen LogP contribution is 2.08. The summed E-state index contributed by atoms with van der Waals surface area (Å²) in [7, 11) is 0. The number of hydrogen-bond acceptors (Lipinski definition) is 5. The lowest BCUT2D eigenvalue weighted by molar-refractivity contribution is -0.109. The van der Waals surface area contributed by atoms with E-state index in [9.17, 15) is 9.59 Å². The maximum absolute atomic E-state index is 10.6. The van der Waals surface area contributed by atoms with Crippen molar-refractivity contribution in [2.75, 3.05) is 26.3 Å². The number of aldehydes is 1. The average molecular weight is 209 g/mol. The first kappa shape index (κ1) is 11.2. The number of allylic oxidation sites excluding steroid dienone is 1. The van der Waals surface area contributed by atoms with Crippen molar-refractivity contribution in [3.8, 4) is 6.07 Å². The van der Waals surface area contributed by atoms with Gasteiger partial charge in [0, 0.05) is 13.1 Å². The Hall–Kier alpha value is -1.87. The van der Waals surface area contributed by atoms with E-state index < -0.39 is 0 Å². The molecule has 0 radical (unpaired) electrons. The number of carbonyl (C=O) groups is 2. The predicted molar refractivity (Wildman–Crippen MR) is 50.3 cm³/mol. The number of carbonyl (C=O) groups excluding carboxylic acids is 2. The molecule has 0 bridgehead atoms. The Morgan fingerprint density at radius 3 is 2.53 bits per heavy atom. The van der Waals surface area contributed by atoms with Gasteiger partial charge in [-0.3, -0.25) is 9.59 Å². The molecular formula is C9H11N3O3. The van der Waals surface area contributed by atoms with E-state index in [4.69, 9.17) is 10.00 Å². The van der Waals surface area contributed by atoms with Crippen LogP contribution >= 0.6 is 0 Å². The van der Waals surface area contributed by atoms with E-state index in [1.165, 1.54) is 0 Å². The topological polar surface area (TPSA) is 82.4 Å². The SMILES string of the molecule is N#CC(C=O)=C(NC=O)N1CCOCC1. The van der Waals surface area contributed by atoms with Crippen molar-refractivity contribution in [2.24, 2.45) is 0 Å². The third-order valence-electron chi connectivity index (χ3n) is 2.02. The smallest absolute Gasteiger partial charge is 0.212 e. The summed E-state index contributed by atoms with van der Waals surface area (Å²) in [6, 6.07) is 1.74. The van der Waals surface area contributed by atoms with Crippen LogP contribution in [0.4, 0.5) is 0 Å². The number of nitriles is 1. The molecule has 1 N–H and O–H groups in total. The third kappa shape index (κ3) is 2.79. The molecule has 1 amide bonds. The Balaban J connectivity index is 2.89. The Kier molecular flexibility index (Phi) is 4.31. The zero-order valence-electron chi connectivity index (χ0n) is 8.10. The Bertz CT molecular complexity index is 313. The van der Waals surface area contributed by atoms with Gasteiger partial charge in [-0.25, -0.2) is 0 Å². The molecular weight excluding hydrogens is 198 g/mol. The molecule has 0 aliphatic carbocycles. The van der Waals surface area contributed by atoms with Crippen LogP contribution in [0, 0.1) is 11.3 Å². The lowest BCUT2D eigenvalue weighted by Crippen LogP contribution is -2.40. The van der Waals surface area contributed by atoms with E-state index in [0.717, 1.165) is 0 Å².